The second-order valence-electron chi connectivity index (χ2n) is 7.01. The minimum absolute atomic E-state index is 0.321. The van der Waals surface area contributed by atoms with Crippen molar-refractivity contribution in [1.29, 1.82) is 0 Å². The molecule has 0 saturated carbocycles. The Morgan fingerprint density at radius 1 is 1.41 bits per heavy atom. The molecule has 0 bridgehead atoms. The standard InChI is InChI=1S/C19H22N4O4/c1-2-19(26)15(25)13(9-24)27-18(19)23-8-12(11-6-4-3-5-7-11)14-16(20)21-10-22-17(14)23/h1,6,8,10,13,15,18,24-26H,3-5,7,9H2,(H2,20,21,22). The van der Waals surface area contributed by atoms with Gasteiger partial charge in [-0.3, -0.25) is 0 Å². The molecule has 0 radical (unpaired) electrons. The molecular weight excluding hydrogens is 348 g/mol. The molecular formula is C19H22N4O4. The third-order valence-corrected chi connectivity index (χ3v) is 5.42. The van der Waals surface area contributed by atoms with Crippen molar-refractivity contribution in [2.75, 3.05) is 12.3 Å². The zero-order chi connectivity index (χ0) is 19.2. The number of hydrogen-bond donors (Lipinski definition) is 4. The first-order chi connectivity index (χ1) is 13.0. The van der Waals surface area contributed by atoms with E-state index in [0.717, 1.165) is 36.8 Å². The average Bonchev–Trinajstić information content (AvgIpc) is 3.20. The molecule has 0 amide bonds. The van der Waals surface area contributed by atoms with Crippen LogP contribution in [0.25, 0.3) is 16.6 Å². The largest absolute Gasteiger partial charge is 0.394 e. The lowest BCUT2D eigenvalue weighted by Gasteiger charge is -2.26. The van der Waals surface area contributed by atoms with Gasteiger partial charge in [0.15, 0.2) is 11.8 Å². The molecule has 4 atom stereocenters. The summed E-state index contributed by atoms with van der Waals surface area (Å²) in [6, 6.07) is 0. The van der Waals surface area contributed by atoms with Crippen LogP contribution in [-0.2, 0) is 4.74 Å². The Morgan fingerprint density at radius 3 is 2.89 bits per heavy atom. The summed E-state index contributed by atoms with van der Waals surface area (Å²) in [5, 5.41) is 31.4. The molecule has 142 valence electrons. The highest BCUT2D eigenvalue weighted by molar-refractivity contribution is 5.97. The summed E-state index contributed by atoms with van der Waals surface area (Å²) in [7, 11) is 0. The lowest BCUT2D eigenvalue weighted by atomic mass is 9.94. The molecule has 1 aliphatic carbocycles. The fourth-order valence-electron chi connectivity index (χ4n) is 3.96. The molecule has 8 heteroatoms. The second kappa shape index (κ2) is 6.62. The molecule has 0 spiro atoms. The number of ether oxygens (including phenoxy) is 1. The Bertz CT molecular complexity index is 947. The molecule has 3 heterocycles. The first kappa shape index (κ1) is 17.9. The molecule has 4 rings (SSSR count). The summed E-state index contributed by atoms with van der Waals surface area (Å²) in [6.07, 6.45) is 11.3. The van der Waals surface area contributed by atoms with Crippen LogP contribution in [0.3, 0.4) is 0 Å². The molecule has 2 aromatic heterocycles. The third-order valence-electron chi connectivity index (χ3n) is 5.42. The Morgan fingerprint density at radius 2 is 2.22 bits per heavy atom. The molecule has 1 aliphatic heterocycles. The van der Waals surface area contributed by atoms with Crippen LogP contribution in [0.4, 0.5) is 5.82 Å². The van der Waals surface area contributed by atoms with E-state index in [0.29, 0.717) is 16.9 Å². The van der Waals surface area contributed by atoms with Crippen molar-refractivity contribution < 1.29 is 20.1 Å². The summed E-state index contributed by atoms with van der Waals surface area (Å²) in [4.78, 5) is 8.42. The van der Waals surface area contributed by atoms with Gasteiger partial charge in [0.05, 0.1) is 12.0 Å². The summed E-state index contributed by atoms with van der Waals surface area (Å²) in [5.41, 5.74) is 6.57. The normalized spacial score (nSPS) is 31.0. The van der Waals surface area contributed by atoms with E-state index < -0.39 is 30.6 Å². The smallest absolute Gasteiger partial charge is 0.199 e. The third kappa shape index (κ3) is 2.63. The molecule has 27 heavy (non-hydrogen) atoms. The maximum Gasteiger partial charge on any atom is 0.199 e. The van der Waals surface area contributed by atoms with Gasteiger partial charge in [-0.1, -0.05) is 12.0 Å². The molecule has 0 aromatic carbocycles. The highest BCUT2D eigenvalue weighted by Gasteiger charge is 2.55. The molecule has 2 aliphatic rings. The maximum atomic E-state index is 10.9. The van der Waals surface area contributed by atoms with Gasteiger partial charge in [0.25, 0.3) is 0 Å². The van der Waals surface area contributed by atoms with Crippen molar-refractivity contribution in [2.24, 2.45) is 0 Å². The predicted octanol–water partition coefficient (Wildman–Crippen LogP) is 0.586. The number of nitrogens with two attached hydrogens (primary N) is 1. The van der Waals surface area contributed by atoms with E-state index in [1.54, 1.807) is 10.8 Å². The van der Waals surface area contributed by atoms with E-state index in [9.17, 15) is 15.3 Å². The number of aliphatic hydroxyl groups excluding tert-OH is 2. The molecule has 5 N–H and O–H groups in total. The van der Waals surface area contributed by atoms with E-state index in [4.69, 9.17) is 16.9 Å². The Labute approximate surface area is 156 Å². The fraction of sp³-hybridized carbons (Fsp3) is 0.474. The van der Waals surface area contributed by atoms with Crippen LogP contribution in [0.5, 0.6) is 0 Å². The first-order valence-electron chi connectivity index (χ1n) is 8.96. The highest BCUT2D eigenvalue weighted by atomic mass is 16.6. The quantitative estimate of drug-likeness (QED) is 0.582. The lowest BCUT2D eigenvalue weighted by molar-refractivity contribution is -0.0718. The zero-order valence-corrected chi connectivity index (χ0v) is 14.7. The Hall–Kier alpha value is -2.44. The fourth-order valence-corrected chi connectivity index (χ4v) is 3.96. The highest BCUT2D eigenvalue weighted by Crippen LogP contribution is 2.42. The van der Waals surface area contributed by atoms with Crippen molar-refractivity contribution in [2.45, 2.75) is 49.7 Å². The molecule has 2 aromatic rings. The SMILES string of the molecule is C#CC1(O)C(O)C(CO)OC1n1cc(C2=CCCCC2)c2c(N)ncnc21. The number of nitrogens with zero attached hydrogens (tertiary/aromatic N) is 3. The van der Waals surface area contributed by atoms with Crippen LogP contribution < -0.4 is 5.73 Å². The minimum atomic E-state index is -2.02. The summed E-state index contributed by atoms with van der Waals surface area (Å²) in [5.74, 6) is 2.55. The van der Waals surface area contributed by atoms with E-state index in [-0.39, 0.29) is 0 Å². The monoisotopic (exact) mass is 370 g/mol. The summed E-state index contributed by atoms with van der Waals surface area (Å²) >= 11 is 0. The minimum Gasteiger partial charge on any atom is -0.394 e. The van der Waals surface area contributed by atoms with Gasteiger partial charge >= 0.3 is 0 Å². The van der Waals surface area contributed by atoms with Gasteiger partial charge in [0, 0.05) is 11.8 Å². The van der Waals surface area contributed by atoms with Crippen molar-refractivity contribution >= 4 is 22.4 Å². The lowest BCUT2D eigenvalue weighted by Crippen LogP contribution is -2.45. The van der Waals surface area contributed by atoms with Gasteiger partial charge in [-0.15, -0.1) is 6.42 Å². The van der Waals surface area contributed by atoms with Crippen LogP contribution in [0, 0.1) is 12.3 Å². The molecule has 1 saturated heterocycles. The van der Waals surface area contributed by atoms with Gasteiger partial charge in [0.2, 0.25) is 0 Å². The van der Waals surface area contributed by atoms with Crippen LogP contribution in [0.15, 0.2) is 18.6 Å². The van der Waals surface area contributed by atoms with E-state index in [2.05, 4.69) is 22.0 Å². The van der Waals surface area contributed by atoms with Gasteiger partial charge in [0.1, 0.15) is 30.0 Å². The van der Waals surface area contributed by atoms with Crippen LogP contribution in [0.1, 0.15) is 37.5 Å². The average molecular weight is 370 g/mol. The van der Waals surface area contributed by atoms with Gasteiger partial charge in [-0.2, -0.15) is 0 Å². The number of fused-ring (bicyclic) bond motifs is 1. The van der Waals surface area contributed by atoms with Gasteiger partial charge < -0.3 is 30.4 Å². The van der Waals surface area contributed by atoms with Crippen molar-refractivity contribution in [3.8, 4) is 12.3 Å². The molecule has 8 nitrogen and oxygen atoms in total. The topological polar surface area (TPSA) is 127 Å². The number of terminal acetylenes is 1. The number of aromatic nitrogens is 3. The molecule has 4 unspecified atom stereocenters. The number of nitrogen functional groups attached to an aromatic ring is 1. The van der Waals surface area contributed by atoms with Gasteiger partial charge in [-0.05, 0) is 31.3 Å². The van der Waals surface area contributed by atoms with Crippen LogP contribution >= 0.6 is 0 Å². The number of aliphatic hydroxyl groups is 3. The number of allylic oxidation sites excluding steroid dienone is 2. The zero-order valence-electron chi connectivity index (χ0n) is 14.7. The van der Waals surface area contributed by atoms with Crippen LogP contribution in [0.2, 0.25) is 0 Å². The summed E-state index contributed by atoms with van der Waals surface area (Å²) in [6.45, 7) is -0.476. The predicted molar refractivity (Wildman–Crippen MR) is 99.2 cm³/mol. The number of rotatable bonds is 3. The number of anilines is 1. The van der Waals surface area contributed by atoms with Gasteiger partial charge in [-0.25, -0.2) is 9.97 Å². The summed E-state index contributed by atoms with van der Waals surface area (Å²) < 4.78 is 7.29. The molecule has 1 fully saturated rings. The first-order valence-corrected chi connectivity index (χ1v) is 8.96. The van der Waals surface area contributed by atoms with Crippen molar-refractivity contribution in [1.82, 2.24) is 14.5 Å². The Kier molecular flexibility index (Phi) is 4.40. The Balaban J connectivity index is 1.92. The van der Waals surface area contributed by atoms with E-state index >= 15 is 0 Å². The van der Waals surface area contributed by atoms with Crippen molar-refractivity contribution in [3.63, 3.8) is 0 Å². The van der Waals surface area contributed by atoms with E-state index in [1.807, 2.05) is 0 Å². The van der Waals surface area contributed by atoms with Crippen molar-refractivity contribution in [3.05, 3.63) is 24.2 Å². The second-order valence-corrected chi connectivity index (χ2v) is 7.01. The van der Waals surface area contributed by atoms with Crippen LogP contribution in [-0.4, -0.2) is 54.3 Å². The van der Waals surface area contributed by atoms with E-state index in [1.165, 1.54) is 6.33 Å². The maximum absolute atomic E-state index is 10.9. The number of hydrogen-bond acceptors (Lipinski definition) is 7.